The minimum atomic E-state index is -4.43. The van der Waals surface area contributed by atoms with Gasteiger partial charge in [0.25, 0.3) is 0 Å². The molecule has 0 aromatic heterocycles. The Kier molecular flexibility index (Phi) is 4.27. The van der Waals surface area contributed by atoms with Crippen LogP contribution < -0.4 is 5.32 Å². The van der Waals surface area contributed by atoms with Crippen LogP contribution in [0.15, 0.2) is 29.3 Å². The van der Waals surface area contributed by atoms with Crippen molar-refractivity contribution in [2.45, 2.75) is 6.18 Å². The topological polar surface area (TPSA) is 12.0 Å². The summed E-state index contributed by atoms with van der Waals surface area (Å²) in [5.74, 6) is 0. The molecule has 0 atom stereocenters. The number of halogens is 5. The molecule has 0 saturated carbocycles. The highest BCUT2D eigenvalue weighted by Crippen LogP contribution is 2.36. The Hall–Kier alpha value is -0.680. The second-order valence-corrected chi connectivity index (χ2v) is 4.62. The van der Waals surface area contributed by atoms with Gasteiger partial charge in [-0.1, -0.05) is 34.1 Å². The largest absolute Gasteiger partial charge is 0.418 e. The van der Waals surface area contributed by atoms with Crippen molar-refractivity contribution in [1.29, 1.82) is 0 Å². The van der Waals surface area contributed by atoms with Gasteiger partial charge in [-0.05, 0) is 18.2 Å². The van der Waals surface area contributed by atoms with Crippen LogP contribution in [0, 0.1) is 0 Å². The lowest BCUT2D eigenvalue weighted by Gasteiger charge is -2.14. The van der Waals surface area contributed by atoms with Gasteiger partial charge in [0.1, 0.15) is 0 Å². The summed E-state index contributed by atoms with van der Waals surface area (Å²) in [4.78, 5) is 0. The maximum absolute atomic E-state index is 12.6. The maximum Gasteiger partial charge on any atom is 0.418 e. The molecule has 0 aliphatic carbocycles. The van der Waals surface area contributed by atoms with E-state index in [9.17, 15) is 13.2 Å². The number of hydrogen-bond acceptors (Lipinski definition) is 1. The van der Waals surface area contributed by atoms with Crippen molar-refractivity contribution >= 4 is 33.2 Å². The normalized spacial score (nSPS) is 11.3. The molecule has 6 heteroatoms. The summed E-state index contributed by atoms with van der Waals surface area (Å²) in [6.45, 7) is 3.74. The van der Waals surface area contributed by atoms with Crippen molar-refractivity contribution in [2.75, 3.05) is 11.9 Å². The van der Waals surface area contributed by atoms with Crippen LogP contribution >= 0.6 is 27.5 Å². The van der Waals surface area contributed by atoms with E-state index in [2.05, 4.69) is 27.8 Å². The molecule has 0 saturated heterocycles. The first-order valence-corrected chi connectivity index (χ1v) is 5.41. The Morgan fingerprint density at radius 2 is 2.06 bits per heavy atom. The minimum Gasteiger partial charge on any atom is -0.380 e. The molecule has 16 heavy (non-hydrogen) atoms. The monoisotopic (exact) mass is 313 g/mol. The Labute approximate surface area is 104 Å². The quantitative estimate of drug-likeness (QED) is 0.854. The molecule has 1 N–H and O–H groups in total. The summed E-state index contributed by atoms with van der Waals surface area (Å²) in [6.07, 6.45) is -4.43. The van der Waals surface area contributed by atoms with Crippen LogP contribution in [-0.4, -0.2) is 6.54 Å². The van der Waals surface area contributed by atoms with Crippen LogP contribution in [-0.2, 0) is 6.18 Å². The second-order valence-electron chi connectivity index (χ2n) is 3.06. The predicted molar refractivity (Wildman–Crippen MR) is 63.0 cm³/mol. The molecule has 0 spiro atoms. The van der Waals surface area contributed by atoms with E-state index >= 15 is 0 Å². The number of rotatable bonds is 3. The van der Waals surface area contributed by atoms with Gasteiger partial charge in [-0.3, -0.25) is 0 Å². The molecule has 0 fully saturated rings. The number of hydrogen-bond donors (Lipinski definition) is 1. The van der Waals surface area contributed by atoms with Gasteiger partial charge < -0.3 is 5.32 Å². The van der Waals surface area contributed by atoms with Crippen molar-refractivity contribution in [2.24, 2.45) is 0 Å². The lowest BCUT2D eigenvalue weighted by atomic mass is 10.1. The highest BCUT2D eigenvalue weighted by atomic mass is 79.9. The van der Waals surface area contributed by atoms with Crippen LogP contribution in [0.5, 0.6) is 0 Å². The number of alkyl halides is 3. The number of benzene rings is 1. The lowest BCUT2D eigenvalue weighted by Crippen LogP contribution is -2.11. The third-order valence-electron chi connectivity index (χ3n) is 1.76. The van der Waals surface area contributed by atoms with E-state index in [0.717, 1.165) is 6.07 Å². The van der Waals surface area contributed by atoms with Crippen molar-refractivity contribution in [3.63, 3.8) is 0 Å². The van der Waals surface area contributed by atoms with Gasteiger partial charge in [0, 0.05) is 21.7 Å². The van der Waals surface area contributed by atoms with E-state index in [1.807, 2.05) is 0 Å². The Bertz CT molecular complexity index is 404. The van der Waals surface area contributed by atoms with Crippen molar-refractivity contribution in [3.05, 3.63) is 39.8 Å². The zero-order valence-corrected chi connectivity index (χ0v) is 10.4. The predicted octanol–water partition coefficient (Wildman–Crippen LogP) is 4.68. The summed E-state index contributed by atoms with van der Waals surface area (Å²) >= 11 is 8.59. The number of nitrogens with one attached hydrogen (secondary N) is 1. The molecule has 0 aliphatic heterocycles. The van der Waals surface area contributed by atoms with Gasteiger partial charge in [-0.15, -0.1) is 0 Å². The molecule has 0 aliphatic rings. The maximum atomic E-state index is 12.6. The van der Waals surface area contributed by atoms with Gasteiger partial charge in [0.15, 0.2) is 0 Å². The van der Waals surface area contributed by atoms with E-state index in [1.54, 1.807) is 0 Å². The Morgan fingerprint density at radius 1 is 1.44 bits per heavy atom. The Morgan fingerprint density at radius 3 is 2.56 bits per heavy atom. The molecule has 0 unspecified atom stereocenters. The van der Waals surface area contributed by atoms with Gasteiger partial charge in [-0.2, -0.15) is 13.2 Å². The van der Waals surface area contributed by atoms with Gasteiger partial charge in [0.2, 0.25) is 0 Å². The summed E-state index contributed by atoms with van der Waals surface area (Å²) in [7, 11) is 0. The first-order chi connectivity index (χ1) is 7.30. The molecule has 1 aromatic rings. The fraction of sp³-hybridized carbons (Fsp3) is 0.200. The van der Waals surface area contributed by atoms with Crippen molar-refractivity contribution in [3.8, 4) is 0 Å². The average molecular weight is 315 g/mol. The first kappa shape index (κ1) is 13.4. The second kappa shape index (κ2) is 5.10. The van der Waals surface area contributed by atoms with E-state index < -0.39 is 11.7 Å². The molecular weight excluding hydrogens is 306 g/mol. The van der Waals surface area contributed by atoms with Crippen molar-refractivity contribution in [1.82, 2.24) is 0 Å². The highest BCUT2D eigenvalue weighted by Gasteiger charge is 2.33. The molecule has 0 radical (unpaired) electrons. The summed E-state index contributed by atoms with van der Waals surface area (Å²) < 4.78 is 38.4. The van der Waals surface area contributed by atoms with E-state index in [1.165, 1.54) is 12.1 Å². The summed E-state index contributed by atoms with van der Waals surface area (Å²) in [6, 6.07) is 3.58. The molecule has 0 bridgehead atoms. The summed E-state index contributed by atoms with van der Waals surface area (Å²) in [5.41, 5.74) is -0.800. The van der Waals surface area contributed by atoms with Crippen LogP contribution in [0.1, 0.15) is 5.56 Å². The SMILES string of the molecule is C=C(Br)CNc1ccc(Cl)cc1C(F)(F)F. The molecule has 1 nitrogen and oxygen atoms in total. The molecule has 1 rings (SSSR count). The van der Waals surface area contributed by atoms with Crippen molar-refractivity contribution < 1.29 is 13.2 Å². The minimum absolute atomic E-state index is 0.0162. The standard InChI is InChI=1S/C10H8BrClF3N/c1-6(11)5-16-9-3-2-7(12)4-8(9)10(13,14)15/h2-4,16H,1,5H2. The molecule has 0 amide bonds. The Balaban J connectivity index is 3.03. The summed E-state index contributed by atoms with van der Waals surface area (Å²) in [5, 5.41) is 2.67. The molecule has 0 heterocycles. The van der Waals surface area contributed by atoms with E-state index in [0.29, 0.717) is 4.48 Å². The zero-order valence-electron chi connectivity index (χ0n) is 8.04. The highest BCUT2D eigenvalue weighted by molar-refractivity contribution is 9.11. The fourth-order valence-electron chi connectivity index (χ4n) is 1.10. The average Bonchev–Trinajstić information content (AvgIpc) is 2.14. The van der Waals surface area contributed by atoms with Crippen LogP contribution in [0.25, 0.3) is 0 Å². The number of anilines is 1. The third kappa shape index (κ3) is 3.72. The molecular formula is C10H8BrClF3N. The van der Waals surface area contributed by atoms with Crippen LogP contribution in [0.4, 0.5) is 18.9 Å². The van der Waals surface area contributed by atoms with Gasteiger partial charge >= 0.3 is 6.18 Å². The van der Waals surface area contributed by atoms with Gasteiger partial charge in [-0.25, -0.2) is 0 Å². The zero-order chi connectivity index (χ0) is 12.3. The lowest BCUT2D eigenvalue weighted by molar-refractivity contribution is -0.136. The van der Waals surface area contributed by atoms with E-state index in [-0.39, 0.29) is 17.3 Å². The van der Waals surface area contributed by atoms with Crippen LogP contribution in [0.3, 0.4) is 0 Å². The van der Waals surface area contributed by atoms with E-state index in [4.69, 9.17) is 11.6 Å². The van der Waals surface area contributed by atoms with Crippen LogP contribution in [0.2, 0.25) is 5.02 Å². The smallest absolute Gasteiger partial charge is 0.380 e. The molecule has 88 valence electrons. The van der Waals surface area contributed by atoms with Gasteiger partial charge in [0.05, 0.1) is 5.56 Å². The first-order valence-electron chi connectivity index (χ1n) is 4.24. The third-order valence-corrected chi connectivity index (χ3v) is 2.27. The molecule has 1 aromatic carbocycles. The fourth-order valence-corrected chi connectivity index (χ4v) is 1.41.